The Morgan fingerprint density at radius 3 is 2.60 bits per heavy atom. The number of ether oxygens (including phenoxy) is 1. The molecule has 5 nitrogen and oxygen atoms in total. The molecule has 136 valence electrons. The molecule has 0 spiro atoms. The summed E-state index contributed by atoms with van der Waals surface area (Å²) in [6.45, 7) is 0.653. The van der Waals surface area contributed by atoms with Crippen molar-refractivity contribution in [2.24, 2.45) is 4.99 Å². The van der Waals surface area contributed by atoms with Gasteiger partial charge in [0.2, 0.25) is 0 Å². The molecule has 0 amide bonds. The van der Waals surface area contributed by atoms with Gasteiger partial charge in [0.15, 0.2) is 11.7 Å². The molecule has 2 rings (SSSR count). The topological polar surface area (TPSA) is 58.5 Å². The van der Waals surface area contributed by atoms with Crippen molar-refractivity contribution in [3.8, 4) is 5.75 Å². The maximum absolute atomic E-state index is 12.5. The molecule has 0 saturated carbocycles. The summed E-state index contributed by atoms with van der Waals surface area (Å²) in [5.74, 6) is 1.20. The number of aromatic nitrogens is 1. The maximum atomic E-state index is 12.5. The molecular formula is C15H16BrF3N4OS. The molecule has 10 heteroatoms. The van der Waals surface area contributed by atoms with Gasteiger partial charge in [0.05, 0.1) is 18.1 Å². The van der Waals surface area contributed by atoms with Gasteiger partial charge in [0.25, 0.3) is 0 Å². The quantitative estimate of drug-likeness (QED) is 0.552. The van der Waals surface area contributed by atoms with Crippen molar-refractivity contribution >= 4 is 33.2 Å². The lowest BCUT2D eigenvalue weighted by Gasteiger charge is -2.12. The summed E-state index contributed by atoms with van der Waals surface area (Å²) in [5.41, 5.74) is 0.115. The lowest BCUT2D eigenvalue weighted by Crippen LogP contribution is -2.36. The summed E-state index contributed by atoms with van der Waals surface area (Å²) in [7, 11) is 3.18. The van der Waals surface area contributed by atoms with Crippen LogP contribution in [0.4, 0.5) is 13.2 Å². The lowest BCUT2D eigenvalue weighted by atomic mass is 10.2. The van der Waals surface area contributed by atoms with E-state index in [0.717, 1.165) is 32.5 Å². The van der Waals surface area contributed by atoms with Gasteiger partial charge in [-0.25, -0.2) is 4.98 Å². The summed E-state index contributed by atoms with van der Waals surface area (Å²) in [5, 5.41) is 7.37. The Bertz CT molecular complexity index is 749. The normalized spacial score (nSPS) is 12.2. The van der Waals surface area contributed by atoms with E-state index in [0.29, 0.717) is 17.5 Å². The second-order valence-electron chi connectivity index (χ2n) is 4.87. The number of nitrogens with one attached hydrogen (secondary N) is 2. The van der Waals surface area contributed by atoms with Crippen LogP contribution in [0.15, 0.2) is 33.0 Å². The van der Waals surface area contributed by atoms with Crippen molar-refractivity contribution in [1.82, 2.24) is 15.6 Å². The number of hydrogen-bond donors (Lipinski definition) is 2. The molecule has 0 bridgehead atoms. The number of rotatable bonds is 5. The van der Waals surface area contributed by atoms with Crippen LogP contribution in [0.2, 0.25) is 0 Å². The first kappa shape index (κ1) is 19.5. The molecule has 0 radical (unpaired) electrons. The molecule has 25 heavy (non-hydrogen) atoms. The minimum Gasteiger partial charge on any atom is -0.496 e. The predicted octanol–water partition coefficient (Wildman–Crippen LogP) is 3.80. The summed E-state index contributed by atoms with van der Waals surface area (Å²) in [4.78, 5) is 7.61. The minimum atomic E-state index is -4.42. The van der Waals surface area contributed by atoms with Crippen molar-refractivity contribution in [2.75, 3.05) is 14.2 Å². The van der Waals surface area contributed by atoms with E-state index >= 15 is 0 Å². The summed E-state index contributed by atoms with van der Waals surface area (Å²) in [6, 6.07) is 5.65. The number of nitrogens with zero attached hydrogens (tertiary/aromatic N) is 2. The highest BCUT2D eigenvalue weighted by Gasteiger charge is 2.33. The smallest absolute Gasteiger partial charge is 0.434 e. The van der Waals surface area contributed by atoms with E-state index in [-0.39, 0.29) is 6.54 Å². The Labute approximate surface area is 155 Å². The highest BCUT2D eigenvalue weighted by atomic mass is 79.9. The van der Waals surface area contributed by atoms with Crippen LogP contribution in [-0.4, -0.2) is 25.1 Å². The number of methoxy groups -OCH3 is 1. The third-order valence-electron chi connectivity index (χ3n) is 3.15. The van der Waals surface area contributed by atoms with E-state index in [1.54, 1.807) is 14.2 Å². The molecule has 1 heterocycles. The Morgan fingerprint density at radius 1 is 1.32 bits per heavy atom. The molecule has 2 N–H and O–H groups in total. The van der Waals surface area contributed by atoms with Crippen molar-refractivity contribution in [1.29, 1.82) is 0 Å². The number of thiazole rings is 1. The number of benzene rings is 1. The van der Waals surface area contributed by atoms with Gasteiger partial charge in [-0.05, 0) is 33.6 Å². The van der Waals surface area contributed by atoms with Gasteiger partial charge < -0.3 is 15.4 Å². The van der Waals surface area contributed by atoms with E-state index in [4.69, 9.17) is 4.74 Å². The van der Waals surface area contributed by atoms with Crippen LogP contribution in [0.3, 0.4) is 0 Å². The second-order valence-corrected chi connectivity index (χ2v) is 6.67. The molecule has 1 aromatic carbocycles. The Hall–Kier alpha value is -1.81. The van der Waals surface area contributed by atoms with Crippen LogP contribution in [-0.2, 0) is 19.3 Å². The predicted molar refractivity (Wildman–Crippen MR) is 94.8 cm³/mol. The SMILES string of the molecule is CN=C(NCc1ccc(OC)c(Br)c1)NCc1nc(C(F)(F)F)cs1. The standard InChI is InChI=1S/C15H16BrF3N4OS/c1-20-14(21-6-9-3-4-11(24-2)10(16)5-9)22-7-13-23-12(8-25-13)15(17,18)19/h3-5,8H,6-7H2,1-2H3,(H2,20,21,22). The van der Waals surface area contributed by atoms with Gasteiger partial charge in [0.1, 0.15) is 10.8 Å². The lowest BCUT2D eigenvalue weighted by molar-refractivity contribution is -0.140. The molecule has 0 unspecified atom stereocenters. The van der Waals surface area contributed by atoms with Gasteiger partial charge >= 0.3 is 6.18 Å². The first-order valence-corrected chi connectivity index (χ1v) is 8.79. The van der Waals surface area contributed by atoms with Crippen molar-refractivity contribution in [3.63, 3.8) is 0 Å². The fourth-order valence-corrected chi connectivity index (χ4v) is 3.24. The van der Waals surface area contributed by atoms with Crippen LogP contribution in [0.25, 0.3) is 0 Å². The Balaban J connectivity index is 1.89. The summed E-state index contributed by atoms with van der Waals surface area (Å²) < 4.78 is 43.6. The van der Waals surface area contributed by atoms with Crippen LogP contribution < -0.4 is 15.4 Å². The van der Waals surface area contributed by atoms with E-state index in [9.17, 15) is 13.2 Å². The third-order valence-corrected chi connectivity index (χ3v) is 4.62. The highest BCUT2D eigenvalue weighted by Crippen LogP contribution is 2.30. The van der Waals surface area contributed by atoms with Crippen molar-refractivity contribution in [2.45, 2.75) is 19.3 Å². The van der Waals surface area contributed by atoms with E-state index in [1.165, 1.54) is 0 Å². The number of halogens is 4. The zero-order valence-electron chi connectivity index (χ0n) is 13.4. The minimum absolute atomic E-state index is 0.159. The molecule has 0 aliphatic carbocycles. The summed E-state index contributed by atoms with van der Waals surface area (Å²) in [6.07, 6.45) is -4.42. The maximum Gasteiger partial charge on any atom is 0.434 e. The number of guanidine groups is 1. The Kier molecular flexibility index (Phi) is 6.65. The van der Waals surface area contributed by atoms with Crippen molar-refractivity contribution in [3.05, 3.63) is 44.3 Å². The summed E-state index contributed by atoms with van der Waals surface area (Å²) >= 11 is 4.37. The van der Waals surface area contributed by atoms with Crippen LogP contribution in [0, 0.1) is 0 Å². The average molecular weight is 437 g/mol. The van der Waals surface area contributed by atoms with E-state index in [1.807, 2.05) is 18.2 Å². The molecule has 0 saturated heterocycles. The van der Waals surface area contributed by atoms with Gasteiger partial charge in [-0.15, -0.1) is 11.3 Å². The van der Waals surface area contributed by atoms with Crippen molar-refractivity contribution < 1.29 is 17.9 Å². The fraction of sp³-hybridized carbons (Fsp3) is 0.333. The molecule has 0 aliphatic heterocycles. The molecule has 0 aliphatic rings. The zero-order chi connectivity index (χ0) is 18.4. The van der Waals surface area contributed by atoms with Gasteiger partial charge in [-0.2, -0.15) is 13.2 Å². The van der Waals surface area contributed by atoms with Crippen LogP contribution in [0.1, 0.15) is 16.3 Å². The van der Waals surface area contributed by atoms with Crippen LogP contribution >= 0.6 is 27.3 Å². The molecule has 0 atom stereocenters. The third kappa shape index (κ3) is 5.60. The van der Waals surface area contributed by atoms with Gasteiger partial charge in [-0.3, -0.25) is 4.99 Å². The van der Waals surface area contributed by atoms with E-state index < -0.39 is 11.9 Å². The Morgan fingerprint density at radius 2 is 2.04 bits per heavy atom. The molecule has 0 fully saturated rings. The number of hydrogen-bond acceptors (Lipinski definition) is 4. The molecule has 2 aromatic rings. The number of aliphatic imine (C=N–C) groups is 1. The van der Waals surface area contributed by atoms with Gasteiger partial charge in [-0.1, -0.05) is 6.07 Å². The largest absolute Gasteiger partial charge is 0.496 e. The fourth-order valence-electron chi connectivity index (χ4n) is 1.91. The first-order chi connectivity index (χ1) is 11.8. The average Bonchev–Trinajstić information content (AvgIpc) is 3.04. The monoisotopic (exact) mass is 436 g/mol. The van der Waals surface area contributed by atoms with Crippen LogP contribution in [0.5, 0.6) is 5.75 Å². The van der Waals surface area contributed by atoms with E-state index in [2.05, 4.69) is 36.5 Å². The highest BCUT2D eigenvalue weighted by molar-refractivity contribution is 9.10. The molecule has 1 aromatic heterocycles. The zero-order valence-corrected chi connectivity index (χ0v) is 15.8. The molecular weight excluding hydrogens is 421 g/mol. The second kappa shape index (κ2) is 8.52. The number of alkyl halides is 3. The van der Waals surface area contributed by atoms with Gasteiger partial charge in [0, 0.05) is 19.0 Å². The first-order valence-electron chi connectivity index (χ1n) is 7.12.